The summed E-state index contributed by atoms with van der Waals surface area (Å²) in [5.74, 6) is 0. The van der Waals surface area contributed by atoms with E-state index in [2.05, 4.69) is 16.3 Å². The topological polar surface area (TPSA) is 59.1 Å². The summed E-state index contributed by atoms with van der Waals surface area (Å²) in [5, 5.41) is 3.61. The Morgan fingerprint density at radius 2 is 2.25 bits per heavy atom. The van der Waals surface area contributed by atoms with Gasteiger partial charge in [-0.05, 0) is 20.3 Å². The summed E-state index contributed by atoms with van der Waals surface area (Å²) in [6.45, 7) is 8.85. The molecule has 0 aliphatic rings. The molecule has 1 aromatic rings. The van der Waals surface area contributed by atoms with Crippen LogP contribution in [-0.4, -0.2) is 13.4 Å². The number of thiazole rings is 1. The Bertz CT molecular complexity index is 475. The molecule has 1 N–H and O–H groups in total. The van der Waals surface area contributed by atoms with Crippen molar-refractivity contribution in [2.45, 2.75) is 32.7 Å². The quantitative estimate of drug-likeness (QED) is 0.881. The Balaban J connectivity index is 2.97. The highest BCUT2D eigenvalue weighted by Crippen LogP contribution is 2.25. The van der Waals surface area contributed by atoms with Crippen LogP contribution < -0.4 is 4.72 Å². The van der Waals surface area contributed by atoms with Gasteiger partial charge in [-0.25, -0.2) is 13.4 Å². The molecule has 0 saturated heterocycles. The summed E-state index contributed by atoms with van der Waals surface area (Å²) in [7, 11) is -3.44. The molecule has 6 heteroatoms. The van der Waals surface area contributed by atoms with Crippen molar-refractivity contribution in [3.8, 4) is 0 Å². The number of rotatable bonds is 5. The maximum Gasteiger partial charge on any atom is 0.233 e. The molecule has 0 amide bonds. The van der Waals surface area contributed by atoms with Gasteiger partial charge in [-0.3, -0.25) is 0 Å². The minimum atomic E-state index is -3.44. The lowest BCUT2D eigenvalue weighted by Crippen LogP contribution is -2.39. The summed E-state index contributed by atoms with van der Waals surface area (Å²) >= 11 is 1.46. The zero-order valence-electron chi connectivity index (χ0n) is 9.65. The van der Waals surface area contributed by atoms with E-state index in [-0.39, 0.29) is 0 Å². The van der Waals surface area contributed by atoms with Crippen molar-refractivity contribution in [3.63, 3.8) is 0 Å². The van der Waals surface area contributed by atoms with Gasteiger partial charge in [0.1, 0.15) is 5.01 Å². The first-order chi connectivity index (χ1) is 7.30. The predicted octanol–water partition coefficient (Wildman–Crippen LogP) is 2.00. The number of aromatic nitrogens is 1. The van der Waals surface area contributed by atoms with Crippen molar-refractivity contribution in [1.29, 1.82) is 0 Å². The van der Waals surface area contributed by atoms with E-state index in [9.17, 15) is 8.42 Å². The molecule has 1 heterocycles. The molecule has 0 aliphatic carbocycles. The van der Waals surface area contributed by atoms with Crippen LogP contribution in [0, 0.1) is 0 Å². The van der Waals surface area contributed by atoms with Crippen molar-refractivity contribution >= 4 is 21.4 Å². The summed E-state index contributed by atoms with van der Waals surface area (Å²) in [6, 6.07) is 0. The molecule has 4 nitrogen and oxygen atoms in total. The van der Waals surface area contributed by atoms with Crippen molar-refractivity contribution in [3.05, 3.63) is 28.1 Å². The van der Waals surface area contributed by atoms with Gasteiger partial charge in [-0.15, -0.1) is 11.3 Å². The summed E-state index contributed by atoms with van der Waals surface area (Å²) in [5.41, 5.74) is 0.274. The zero-order chi connectivity index (χ0) is 12.4. The Kier molecular flexibility index (Phi) is 3.88. The zero-order valence-corrected chi connectivity index (χ0v) is 11.3. The second-order valence-corrected chi connectivity index (χ2v) is 6.42. The van der Waals surface area contributed by atoms with E-state index < -0.39 is 15.6 Å². The molecule has 0 unspecified atom stereocenters. The highest BCUT2D eigenvalue weighted by Gasteiger charge is 2.28. The standard InChI is InChI=1S/C10H16N2O2S2/c1-5-8-7-15-9(11-8)10(3,4)12-16(13,14)6-2/h6-7,12H,2,5H2,1,3-4H3. The summed E-state index contributed by atoms with van der Waals surface area (Å²) < 4.78 is 25.4. The molecule has 0 atom stereocenters. The molecular weight excluding hydrogens is 244 g/mol. The average Bonchev–Trinajstić information content (AvgIpc) is 2.65. The number of hydrogen-bond donors (Lipinski definition) is 1. The Hall–Kier alpha value is -0.720. The fourth-order valence-electron chi connectivity index (χ4n) is 1.20. The number of hydrogen-bond acceptors (Lipinski definition) is 4. The molecule has 0 radical (unpaired) electrons. The molecule has 0 bridgehead atoms. The van der Waals surface area contributed by atoms with Crippen molar-refractivity contribution in [1.82, 2.24) is 9.71 Å². The lowest BCUT2D eigenvalue weighted by molar-refractivity contribution is 0.473. The molecule has 0 spiro atoms. The van der Waals surface area contributed by atoms with E-state index in [1.54, 1.807) is 13.8 Å². The Morgan fingerprint density at radius 1 is 1.62 bits per heavy atom. The molecule has 0 aliphatic heterocycles. The van der Waals surface area contributed by atoms with E-state index >= 15 is 0 Å². The van der Waals surface area contributed by atoms with E-state index in [0.29, 0.717) is 0 Å². The largest absolute Gasteiger partial charge is 0.244 e. The molecule has 16 heavy (non-hydrogen) atoms. The molecule has 0 saturated carbocycles. The highest BCUT2D eigenvalue weighted by molar-refractivity contribution is 7.92. The third-order valence-electron chi connectivity index (χ3n) is 2.07. The van der Waals surface area contributed by atoms with E-state index in [0.717, 1.165) is 22.5 Å². The monoisotopic (exact) mass is 260 g/mol. The normalized spacial score (nSPS) is 12.7. The van der Waals surface area contributed by atoms with Crippen LogP contribution in [0.25, 0.3) is 0 Å². The van der Waals surface area contributed by atoms with Crippen LogP contribution in [0.2, 0.25) is 0 Å². The fraction of sp³-hybridized carbons (Fsp3) is 0.500. The van der Waals surface area contributed by atoms with E-state index in [1.807, 2.05) is 12.3 Å². The number of nitrogens with zero attached hydrogens (tertiary/aromatic N) is 1. The first kappa shape index (κ1) is 13.3. The lowest BCUT2D eigenvalue weighted by atomic mass is 10.1. The van der Waals surface area contributed by atoms with Crippen molar-refractivity contribution in [2.24, 2.45) is 0 Å². The Morgan fingerprint density at radius 3 is 2.69 bits per heavy atom. The number of sulfonamides is 1. The first-order valence-corrected chi connectivity index (χ1v) is 7.34. The maximum atomic E-state index is 11.4. The predicted molar refractivity (Wildman–Crippen MR) is 66.8 cm³/mol. The van der Waals surface area contributed by atoms with Crippen LogP contribution in [0.15, 0.2) is 17.4 Å². The van der Waals surface area contributed by atoms with Gasteiger partial charge < -0.3 is 0 Å². The number of aryl methyl sites for hydroxylation is 1. The highest BCUT2D eigenvalue weighted by atomic mass is 32.2. The third-order valence-corrected chi connectivity index (χ3v) is 4.51. The van der Waals surface area contributed by atoms with Crippen LogP contribution in [0.4, 0.5) is 0 Å². The van der Waals surface area contributed by atoms with E-state index in [4.69, 9.17) is 0 Å². The van der Waals surface area contributed by atoms with Gasteiger partial charge in [0.25, 0.3) is 0 Å². The van der Waals surface area contributed by atoms with Gasteiger partial charge in [-0.2, -0.15) is 4.72 Å². The van der Waals surface area contributed by atoms with Crippen LogP contribution in [0.1, 0.15) is 31.5 Å². The van der Waals surface area contributed by atoms with Gasteiger partial charge in [0.2, 0.25) is 10.0 Å². The van der Waals surface area contributed by atoms with Crippen LogP contribution in [0.5, 0.6) is 0 Å². The van der Waals surface area contributed by atoms with Gasteiger partial charge in [0.15, 0.2) is 0 Å². The van der Waals surface area contributed by atoms with Crippen LogP contribution in [-0.2, 0) is 22.0 Å². The fourth-order valence-corrected chi connectivity index (χ4v) is 3.14. The second-order valence-electron chi connectivity index (χ2n) is 3.94. The third kappa shape index (κ3) is 3.13. The molecule has 1 aromatic heterocycles. The number of nitrogens with one attached hydrogen (secondary N) is 1. The smallest absolute Gasteiger partial charge is 0.233 e. The van der Waals surface area contributed by atoms with Gasteiger partial charge in [0.05, 0.1) is 11.2 Å². The van der Waals surface area contributed by atoms with Crippen molar-refractivity contribution < 1.29 is 8.42 Å². The first-order valence-electron chi connectivity index (χ1n) is 4.92. The maximum absolute atomic E-state index is 11.4. The van der Waals surface area contributed by atoms with Gasteiger partial charge in [-0.1, -0.05) is 13.5 Å². The summed E-state index contributed by atoms with van der Waals surface area (Å²) in [6.07, 6.45) is 0.848. The average molecular weight is 260 g/mol. The molecule has 90 valence electrons. The lowest BCUT2D eigenvalue weighted by Gasteiger charge is -2.22. The van der Waals surface area contributed by atoms with Crippen LogP contribution in [0.3, 0.4) is 0 Å². The second kappa shape index (κ2) is 4.65. The summed E-state index contributed by atoms with van der Waals surface area (Å²) in [4.78, 5) is 4.38. The molecule has 0 aromatic carbocycles. The SMILES string of the molecule is C=CS(=O)(=O)NC(C)(C)c1nc(CC)cs1. The molecule has 1 rings (SSSR count). The van der Waals surface area contributed by atoms with Gasteiger partial charge in [0, 0.05) is 10.8 Å². The minimum Gasteiger partial charge on any atom is -0.244 e. The van der Waals surface area contributed by atoms with Crippen LogP contribution >= 0.6 is 11.3 Å². The minimum absolute atomic E-state index is 0.703. The van der Waals surface area contributed by atoms with E-state index in [1.165, 1.54) is 11.3 Å². The van der Waals surface area contributed by atoms with Crippen molar-refractivity contribution in [2.75, 3.05) is 0 Å². The Labute approximate surface area is 100 Å². The van der Waals surface area contributed by atoms with Gasteiger partial charge >= 0.3 is 0 Å². The molecule has 0 fully saturated rings. The molecular formula is C10H16N2O2S2.